The molecule has 0 radical (unpaired) electrons. The highest BCUT2D eigenvalue weighted by Crippen LogP contribution is 2.24. The maximum atomic E-state index is 4.18. The first-order valence-electron chi connectivity index (χ1n) is 3.14. The minimum Gasteiger partial charge on any atom is -0.243 e. The molecule has 0 N–H and O–H groups in total. The Bertz CT molecular complexity index is 371. The second-order valence-corrected chi connectivity index (χ2v) is 3.60. The van der Waals surface area contributed by atoms with Crippen molar-refractivity contribution >= 4 is 37.5 Å². The lowest BCUT2D eigenvalue weighted by Gasteiger charge is -1.88. The zero-order valence-corrected chi connectivity index (χ0v) is 8.02. The van der Waals surface area contributed by atoms with Gasteiger partial charge in [0, 0.05) is 11.5 Å². The maximum Gasteiger partial charge on any atom is 0.116 e. The van der Waals surface area contributed by atoms with E-state index in [-0.39, 0.29) is 0 Å². The third-order valence-electron chi connectivity index (χ3n) is 1.45. The van der Waals surface area contributed by atoms with Crippen molar-refractivity contribution in [1.82, 2.24) is 9.97 Å². The molecule has 2 nitrogen and oxygen atoms in total. The van der Waals surface area contributed by atoms with E-state index in [4.69, 9.17) is 0 Å². The van der Waals surface area contributed by atoms with Gasteiger partial charge in [0.15, 0.2) is 0 Å². The number of alkyl halides is 1. The molecule has 0 aliphatic carbocycles. The summed E-state index contributed by atoms with van der Waals surface area (Å²) in [6.45, 7) is 0. The smallest absolute Gasteiger partial charge is 0.116 e. The topological polar surface area (TPSA) is 25.8 Å². The van der Waals surface area contributed by atoms with E-state index in [2.05, 4.69) is 31.3 Å². The Morgan fingerprint density at radius 2 is 2.45 bits per heavy atom. The van der Waals surface area contributed by atoms with Crippen molar-refractivity contribution in [3.8, 4) is 0 Å². The second kappa shape index (κ2) is 2.87. The largest absolute Gasteiger partial charge is 0.243 e. The number of hydrogen-bond acceptors (Lipinski definition) is 3. The van der Waals surface area contributed by atoms with Gasteiger partial charge in [0.05, 0.1) is 10.2 Å². The first kappa shape index (κ1) is 7.18. The first-order chi connectivity index (χ1) is 5.42. The highest BCUT2D eigenvalue weighted by atomic mass is 79.9. The molecule has 56 valence electrons. The average molecular weight is 229 g/mol. The van der Waals surface area contributed by atoms with Crippen LogP contribution in [-0.2, 0) is 5.33 Å². The zero-order chi connectivity index (χ0) is 7.68. The SMILES string of the molecule is BrCc1csc2cncnc12. The Kier molecular flexibility index (Phi) is 1.87. The number of nitrogens with zero attached hydrogens (tertiary/aromatic N) is 2. The van der Waals surface area contributed by atoms with Gasteiger partial charge in [-0.15, -0.1) is 11.3 Å². The minimum atomic E-state index is 0.865. The lowest BCUT2D eigenvalue weighted by Crippen LogP contribution is -1.78. The summed E-state index contributed by atoms with van der Waals surface area (Å²) in [5, 5.41) is 2.97. The highest BCUT2D eigenvalue weighted by molar-refractivity contribution is 9.08. The van der Waals surface area contributed by atoms with E-state index in [1.165, 1.54) is 5.56 Å². The van der Waals surface area contributed by atoms with E-state index in [1.54, 1.807) is 17.7 Å². The van der Waals surface area contributed by atoms with Gasteiger partial charge in [0.2, 0.25) is 0 Å². The molecule has 0 amide bonds. The van der Waals surface area contributed by atoms with Crippen LogP contribution in [0.1, 0.15) is 5.56 Å². The summed E-state index contributed by atoms with van der Waals surface area (Å²) >= 11 is 5.09. The average Bonchev–Trinajstić information content (AvgIpc) is 2.47. The third-order valence-corrected chi connectivity index (χ3v) is 3.01. The van der Waals surface area contributed by atoms with Crippen LogP contribution in [0.5, 0.6) is 0 Å². The van der Waals surface area contributed by atoms with Crippen molar-refractivity contribution in [2.45, 2.75) is 5.33 Å². The molecule has 0 unspecified atom stereocenters. The van der Waals surface area contributed by atoms with Crippen LogP contribution in [-0.4, -0.2) is 9.97 Å². The number of hydrogen-bond donors (Lipinski definition) is 0. The quantitative estimate of drug-likeness (QED) is 0.702. The van der Waals surface area contributed by atoms with Gasteiger partial charge in [-0.25, -0.2) is 9.97 Å². The third kappa shape index (κ3) is 1.16. The second-order valence-electron chi connectivity index (χ2n) is 2.13. The zero-order valence-electron chi connectivity index (χ0n) is 5.62. The molecule has 4 heteroatoms. The highest BCUT2D eigenvalue weighted by Gasteiger charge is 2.01. The summed E-state index contributed by atoms with van der Waals surface area (Å²) in [4.78, 5) is 8.13. The van der Waals surface area contributed by atoms with Gasteiger partial charge < -0.3 is 0 Å². The van der Waals surface area contributed by atoms with Crippen LogP contribution in [0.4, 0.5) is 0 Å². The molecule has 2 rings (SSSR count). The summed E-state index contributed by atoms with van der Waals surface area (Å²) in [6.07, 6.45) is 3.43. The number of thiophene rings is 1. The lowest BCUT2D eigenvalue weighted by atomic mass is 10.3. The molecular weight excluding hydrogens is 224 g/mol. The van der Waals surface area contributed by atoms with Crippen LogP contribution >= 0.6 is 27.3 Å². The van der Waals surface area contributed by atoms with Gasteiger partial charge in [-0.3, -0.25) is 0 Å². The molecule has 0 aliphatic rings. The van der Waals surface area contributed by atoms with Gasteiger partial charge >= 0.3 is 0 Å². The normalized spacial score (nSPS) is 10.6. The molecule has 0 spiro atoms. The number of aromatic nitrogens is 2. The first-order valence-corrected chi connectivity index (χ1v) is 5.14. The van der Waals surface area contributed by atoms with Crippen molar-refractivity contribution < 1.29 is 0 Å². The van der Waals surface area contributed by atoms with Crippen LogP contribution in [0.2, 0.25) is 0 Å². The van der Waals surface area contributed by atoms with E-state index < -0.39 is 0 Å². The standard InChI is InChI=1S/C7H5BrN2S/c8-1-5-3-11-6-2-9-4-10-7(5)6/h2-4H,1H2. The van der Waals surface area contributed by atoms with Gasteiger partial charge in [0.25, 0.3) is 0 Å². The van der Waals surface area contributed by atoms with Crippen molar-refractivity contribution in [2.24, 2.45) is 0 Å². The van der Waals surface area contributed by atoms with Crippen LogP contribution < -0.4 is 0 Å². The molecule has 11 heavy (non-hydrogen) atoms. The Morgan fingerprint density at radius 1 is 1.55 bits per heavy atom. The summed E-state index contributed by atoms with van der Waals surface area (Å²) in [5.74, 6) is 0. The van der Waals surface area contributed by atoms with Crippen molar-refractivity contribution in [1.29, 1.82) is 0 Å². The number of halogens is 1. The van der Waals surface area contributed by atoms with Crippen LogP contribution in [0.3, 0.4) is 0 Å². The molecule has 2 heterocycles. The van der Waals surface area contributed by atoms with E-state index in [1.807, 2.05) is 6.20 Å². The van der Waals surface area contributed by atoms with Crippen LogP contribution in [0.15, 0.2) is 17.9 Å². The molecule has 2 aromatic heterocycles. The van der Waals surface area contributed by atoms with Gasteiger partial charge in [-0.2, -0.15) is 0 Å². The summed E-state index contributed by atoms with van der Waals surface area (Å²) in [5.41, 5.74) is 2.31. The Hall–Kier alpha value is -0.480. The Balaban J connectivity index is 2.76. The van der Waals surface area contributed by atoms with Crippen molar-refractivity contribution in [3.05, 3.63) is 23.5 Å². The molecule has 0 fully saturated rings. The van der Waals surface area contributed by atoms with E-state index in [0.717, 1.165) is 15.5 Å². The van der Waals surface area contributed by atoms with Crippen LogP contribution in [0, 0.1) is 0 Å². The van der Waals surface area contributed by atoms with Crippen LogP contribution in [0.25, 0.3) is 10.2 Å². The fourth-order valence-corrected chi connectivity index (χ4v) is 2.45. The van der Waals surface area contributed by atoms with E-state index in [0.29, 0.717) is 0 Å². The fraction of sp³-hybridized carbons (Fsp3) is 0.143. The lowest BCUT2D eigenvalue weighted by molar-refractivity contribution is 1.22. The number of fused-ring (bicyclic) bond motifs is 1. The predicted octanol–water partition coefficient (Wildman–Crippen LogP) is 2.59. The monoisotopic (exact) mass is 228 g/mol. The molecule has 0 bridgehead atoms. The number of rotatable bonds is 1. The Morgan fingerprint density at radius 3 is 3.27 bits per heavy atom. The molecule has 0 aliphatic heterocycles. The van der Waals surface area contributed by atoms with Gasteiger partial charge in [-0.05, 0) is 10.9 Å². The van der Waals surface area contributed by atoms with Gasteiger partial charge in [0.1, 0.15) is 6.33 Å². The van der Waals surface area contributed by atoms with Crippen molar-refractivity contribution in [2.75, 3.05) is 0 Å². The summed E-state index contributed by atoms with van der Waals surface area (Å²) in [6, 6.07) is 0. The summed E-state index contributed by atoms with van der Waals surface area (Å²) in [7, 11) is 0. The van der Waals surface area contributed by atoms with E-state index in [9.17, 15) is 0 Å². The molecular formula is C7H5BrN2S. The molecule has 0 aromatic carbocycles. The molecule has 0 atom stereocenters. The van der Waals surface area contributed by atoms with Crippen molar-refractivity contribution in [3.63, 3.8) is 0 Å². The molecule has 0 saturated carbocycles. The molecule has 0 saturated heterocycles. The fourth-order valence-electron chi connectivity index (χ4n) is 0.929. The van der Waals surface area contributed by atoms with E-state index >= 15 is 0 Å². The predicted molar refractivity (Wildman–Crippen MR) is 50.0 cm³/mol. The molecule has 2 aromatic rings. The van der Waals surface area contributed by atoms with Gasteiger partial charge in [-0.1, -0.05) is 15.9 Å². The Labute approximate surface area is 76.4 Å². The summed E-state index contributed by atoms with van der Waals surface area (Å²) < 4.78 is 1.15. The minimum absolute atomic E-state index is 0.865. The maximum absolute atomic E-state index is 4.18.